The summed E-state index contributed by atoms with van der Waals surface area (Å²) in [6.07, 6.45) is 1.43. The maximum atomic E-state index is 13.7. The summed E-state index contributed by atoms with van der Waals surface area (Å²) >= 11 is 0. The summed E-state index contributed by atoms with van der Waals surface area (Å²) in [5, 5.41) is 13.8. The Kier molecular flexibility index (Phi) is 5.17. The number of carbonyl (C=O) groups is 1. The fourth-order valence-corrected chi connectivity index (χ4v) is 3.00. The van der Waals surface area contributed by atoms with Crippen LogP contribution in [0.25, 0.3) is 22.2 Å². The van der Waals surface area contributed by atoms with Gasteiger partial charge in [0.1, 0.15) is 17.4 Å². The number of hydrogen-bond acceptors (Lipinski definition) is 4. The van der Waals surface area contributed by atoms with E-state index in [4.69, 9.17) is 0 Å². The van der Waals surface area contributed by atoms with E-state index in [1.165, 1.54) is 24.4 Å². The van der Waals surface area contributed by atoms with Gasteiger partial charge in [0, 0.05) is 17.0 Å². The zero-order valence-electron chi connectivity index (χ0n) is 15.5. The zero-order chi connectivity index (χ0) is 21.1. The summed E-state index contributed by atoms with van der Waals surface area (Å²) < 4.78 is 27.3. The molecule has 5 nitrogen and oxygen atoms in total. The Morgan fingerprint density at radius 1 is 0.967 bits per heavy atom. The summed E-state index contributed by atoms with van der Waals surface area (Å²) in [5.74, 6) is -1.84. The minimum atomic E-state index is -0.732. The lowest BCUT2D eigenvalue weighted by Crippen LogP contribution is -2.18. The Bertz CT molecular complexity index is 1250. The van der Waals surface area contributed by atoms with Gasteiger partial charge in [-0.25, -0.2) is 19.2 Å². The molecule has 1 aromatic heterocycles. The third-order valence-electron chi connectivity index (χ3n) is 4.39. The highest BCUT2D eigenvalue weighted by atomic mass is 19.1. The summed E-state index contributed by atoms with van der Waals surface area (Å²) in [4.78, 5) is 17.2. The van der Waals surface area contributed by atoms with Crippen molar-refractivity contribution in [1.29, 1.82) is 0 Å². The van der Waals surface area contributed by atoms with Crippen LogP contribution in [-0.2, 0) is 0 Å². The molecule has 1 heterocycles. The topological polar surface area (TPSA) is 74.6 Å². The van der Waals surface area contributed by atoms with E-state index in [2.05, 4.69) is 15.5 Å². The quantitative estimate of drug-likeness (QED) is 0.385. The van der Waals surface area contributed by atoms with Gasteiger partial charge in [0.2, 0.25) is 0 Å². The molecule has 0 saturated heterocycles. The van der Waals surface area contributed by atoms with Gasteiger partial charge in [-0.1, -0.05) is 18.2 Å². The van der Waals surface area contributed by atoms with Crippen LogP contribution >= 0.6 is 0 Å². The van der Waals surface area contributed by atoms with Crippen LogP contribution in [0.3, 0.4) is 0 Å². The number of phenols is 1. The number of nitrogens with zero attached hydrogens (tertiary/aromatic N) is 2. The van der Waals surface area contributed by atoms with E-state index >= 15 is 0 Å². The van der Waals surface area contributed by atoms with Crippen molar-refractivity contribution in [2.24, 2.45) is 5.10 Å². The molecule has 4 aromatic rings. The number of fused-ring (bicyclic) bond motifs is 1. The number of nitrogens with one attached hydrogen (secondary N) is 1. The molecule has 0 aliphatic carbocycles. The van der Waals surface area contributed by atoms with Gasteiger partial charge >= 0.3 is 0 Å². The van der Waals surface area contributed by atoms with Crippen molar-refractivity contribution in [1.82, 2.24) is 10.4 Å². The van der Waals surface area contributed by atoms with Gasteiger partial charge in [0.05, 0.1) is 23.0 Å². The van der Waals surface area contributed by atoms with Gasteiger partial charge in [-0.2, -0.15) is 5.10 Å². The molecular weight excluding hydrogens is 388 g/mol. The Hall–Kier alpha value is -4.13. The average Bonchev–Trinajstić information content (AvgIpc) is 2.73. The number of pyridine rings is 1. The predicted octanol–water partition coefficient (Wildman–Crippen LogP) is 4.65. The largest absolute Gasteiger partial charge is 0.508 e. The lowest BCUT2D eigenvalue weighted by atomic mass is 10.0. The second-order valence-corrected chi connectivity index (χ2v) is 6.52. The SMILES string of the molecule is O=C(N/N=C/c1ccc(O)cc1)c1cc(-c2cc(F)cc(F)c2)nc2ccccc12. The highest BCUT2D eigenvalue weighted by Gasteiger charge is 2.14. The van der Waals surface area contributed by atoms with Gasteiger partial charge in [0.15, 0.2) is 0 Å². The molecule has 0 fully saturated rings. The number of benzene rings is 3. The number of phenolic OH excluding ortho intramolecular Hbond substituents is 1. The van der Waals surface area contributed by atoms with Gasteiger partial charge < -0.3 is 5.11 Å². The highest BCUT2D eigenvalue weighted by Crippen LogP contribution is 2.26. The molecule has 1 amide bonds. The summed E-state index contributed by atoms with van der Waals surface area (Å²) in [6.45, 7) is 0. The Labute approximate surface area is 170 Å². The lowest BCUT2D eigenvalue weighted by molar-refractivity contribution is 0.0956. The number of hydrazone groups is 1. The van der Waals surface area contributed by atoms with Crippen LogP contribution in [0.4, 0.5) is 8.78 Å². The second kappa shape index (κ2) is 8.08. The number of carbonyl (C=O) groups excluding carboxylic acids is 1. The molecule has 0 saturated carbocycles. The molecule has 0 atom stereocenters. The van der Waals surface area contributed by atoms with Crippen LogP contribution in [0.1, 0.15) is 15.9 Å². The van der Waals surface area contributed by atoms with Crippen molar-refractivity contribution in [2.45, 2.75) is 0 Å². The van der Waals surface area contributed by atoms with E-state index < -0.39 is 17.5 Å². The van der Waals surface area contributed by atoms with Gasteiger partial charge in [-0.15, -0.1) is 0 Å². The fourth-order valence-electron chi connectivity index (χ4n) is 3.00. The first-order chi connectivity index (χ1) is 14.5. The standard InChI is InChI=1S/C23H15F2N3O2/c24-16-9-15(10-17(25)11-16)22-12-20(19-3-1-2-4-21(19)27-22)23(30)28-26-13-14-5-7-18(29)8-6-14/h1-13,29H,(H,28,30)/b26-13+. The minimum Gasteiger partial charge on any atom is -0.508 e. The van der Waals surface area contributed by atoms with Crippen molar-refractivity contribution < 1.29 is 18.7 Å². The number of para-hydroxylation sites is 1. The first-order valence-corrected chi connectivity index (χ1v) is 8.98. The lowest BCUT2D eigenvalue weighted by Gasteiger charge is -2.09. The molecular formula is C23H15F2N3O2. The first kappa shape index (κ1) is 19.2. The molecule has 0 aliphatic heterocycles. The van der Waals surface area contributed by atoms with Crippen LogP contribution in [0, 0.1) is 11.6 Å². The van der Waals surface area contributed by atoms with Crippen molar-refractivity contribution in [3.63, 3.8) is 0 Å². The minimum absolute atomic E-state index is 0.126. The van der Waals surface area contributed by atoms with Crippen molar-refractivity contribution in [3.8, 4) is 17.0 Å². The van der Waals surface area contributed by atoms with Crippen molar-refractivity contribution in [2.75, 3.05) is 0 Å². The summed E-state index contributed by atoms with van der Waals surface area (Å²) in [6, 6.07) is 17.8. The molecule has 0 radical (unpaired) electrons. The Morgan fingerprint density at radius 3 is 2.40 bits per heavy atom. The highest BCUT2D eigenvalue weighted by molar-refractivity contribution is 6.07. The van der Waals surface area contributed by atoms with E-state index in [1.807, 2.05) is 0 Å². The molecule has 0 unspecified atom stereocenters. The Balaban J connectivity index is 1.70. The van der Waals surface area contributed by atoms with Crippen LogP contribution in [0.5, 0.6) is 5.75 Å². The number of amides is 1. The van der Waals surface area contributed by atoms with E-state index in [1.54, 1.807) is 36.4 Å². The van der Waals surface area contributed by atoms with E-state index in [9.17, 15) is 18.7 Å². The molecule has 3 aromatic carbocycles. The molecule has 148 valence electrons. The number of halogens is 2. The normalized spacial score (nSPS) is 11.1. The van der Waals surface area contributed by atoms with Crippen molar-refractivity contribution in [3.05, 3.63) is 95.6 Å². The summed E-state index contributed by atoms with van der Waals surface area (Å²) in [5.41, 5.74) is 4.39. The van der Waals surface area contributed by atoms with E-state index in [-0.39, 0.29) is 22.6 Å². The van der Waals surface area contributed by atoms with E-state index in [0.29, 0.717) is 16.5 Å². The average molecular weight is 403 g/mol. The molecule has 7 heteroatoms. The molecule has 2 N–H and O–H groups in total. The number of aromatic hydroxyl groups is 1. The Morgan fingerprint density at radius 2 is 1.67 bits per heavy atom. The summed E-state index contributed by atoms with van der Waals surface area (Å²) in [7, 11) is 0. The first-order valence-electron chi connectivity index (χ1n) is 8.98. The molecule has 0 bridgehead atoms. The van der Waals surface area contributed by atoms with Gasteiger partial charge in [0.25, 0.3) is 5.91 Å². The molecule has 0 spiro atoms. The number of aromatic nitrogens is 1. The monoisotopic (exact) mass is 403 g/mol. The van der Waals surface area contributed by atoms with Gasteiger partial charge in [-0.3, -0.25) is 4.79 Å². The number of hydrogen-bond donors (Lipinski definition) is 2. The maximum absolute atomic E-state index is 13.7. The van der Waals surface area contributed by atoms with Crippen LogP contribution in [0.15, 0.2) is 77.9 Å². The van der Waals surface area contributed by atoms with Gasteiger partial charge in [-0.05, 0) is 54.1 Å². The number of rotatable bonds is 4. The maximum Gasteiger partial charge on any atom is 0.272 e. The third-order valence-corrected chi connectivity index (χ3v) is 4.39. The smallest absolute Gasteiger partial charge is 0.272 e. The van der Waals surface area contributed by atoms with Crippen LogP contribution in [-0.4, -0.2) is 22.2 Å². The van der Waals surface area contributed by atoms with Crippen LogP contribution in [0.2, 0.25) is 0 Å². The fraction of sp³-hybridized carbons (Fsp3) is 0. The van der Waals surface area contributed by atoms with E-state index in [0.717, 1.165) is 18.2 Å². The molecule has 4 rings (SSSR count). The molecule has 30 heavy (non-hydrogen) atoms. The zero-order valence-corrected chi connectivity index (χ0v) is 15.5. The second-order valence-electron chi connectivity index (χ2n) is 6.52. The predicted molar refractivity (Wildman–Crippen MR) is 110 cm³/mol. The van der Waals surface area contributed by atoms with Crippen LogP contribution < -0.4 is 5.43 Å². The third kappa shape index (κ3) is 4.15. The van der Waals surface area contributed by atoms with Crippen molar-refractivity contribution >= 4 is 23.0 Å². The molecule has 0 aliphatic rings.